The van der Waals surface area contributed by atoms with Crippen LogP contribution in [0.25, 0.3) is 0 Å². The maximum Gasteiger partial charge on any atom is 0.262 e. The molecule has 0 saturated heterocycles. The standard InChI is InChI=1S/C21H22FN5O2/c1-14-23-19(12-20(24-14)27(2)3)25-15-8-10-16(11-9-15)26-21(28)13-29-18-7-5-4-6-17(18)22/h4-12H,13H2,1-3H3,(H,26,28)(H,23,24,25). The van der Waals surface area contributed by atoms with E-state index in [2.05, 4.69) is 20.6 Å². The van der Waals surface area contributed by atoms with E-state index in [9.17, 15) is 9.18 Å². The number of hydrogen-bond acceptors (Lipinski definition) is 6. The van der Waals surface area contributed by atoms with Gasteiger partial charge in [0.2, 0.25) is 0 Å². The molecular formula is C21H22FN5O2. The second-order valence-corrected chi connectivity index (χ2v) is 6.52. The van der Waals surface area contributed by atoms with Crippen LogP contribution in [-0.2, 0) is 4.79 Å². The number of benzene rings is 2. The van der Waals surface area contributed by atoms with Crippen molar-refractivity contribution < 1.29 is 13.9 Å². The Labute approximate surface area is 168 Å². The van der Waals surface area contributed by atoms with Crippen LogP contribution < -0.4 is 20.3 Å². The van der Waals surface area contributed by atoms with E-state index in [0.29, 0.717) is 17.3 Å². The molecule has 1 heterocycles. The predicted octanol–water partition coefficient (Wildman–Crippen LogP) is 3.75. The van der Waals surface area contributed by atoms with E-state index in [4.69, 9.17) is 4.74 Å². The first-order chi connectivity index (χ1) is 13.9. The van der Waals surface area contributed by atoms with Gasteiger partial charge in [-0.05, 0) is 43.3 Å². The second-order valence-electron chi connectivity index (χ2n) is 6.52. The zero-order chi connectivity index (χ0) is 20.8. The minimum Gasteiger partial charge on any atom is -0.481 e. The molecule has 1 aromatic heterocycles. The van der Waals surface area contributed by atoms with E-state index in [1.165, 1.54) is 12.1 Å². The molecule has 0 saturated carbocycles. The summed E-state index contributed by atoms with van der Waals surface area (Å²) in [5.74, 6) is 1.30. The van der Waals surface area contributed by atoms with Gasteiger partial charge in [0.25, 0.3) is 5.91 Å². The maximum atomic E-state index is 13.5. The minimum atomic E-state index is -0.506. The molecule has 150 valence electrons. The molecule has 29 heavy (non-hydrogen) atoms. The fourth-order valence-electron chi connectivity index (χ4n) is 2.53. The second kappa shape index (κ2) is 9.01. The van der Waals surface area contributed by atoms with Gasteiger partial charge in [0, 0.05) is 31.5 Å². The van der Waals surface area contributed by atoms with Crippen LogP contribution in [-0.4, -0.2) is 36.6 Å². The fraction of sp³-hybridized carbons (Fsp3) is 0.190. The van der Waals surface area contributed by atoms with E-state index in [1.807, 2.05) is 44.1 Å². The van der Waals surface area contributed by atoms with E-state index < -0.39 is 5.82 Å². The first-order valence-corrected chi connectivity index (χ1v) is 8.98. The quantitative estimate of drug-likeness (QED) is 0.634. The summed E-state index contributed by atoms with van der Waals surface area (Å²) in [6, 6.07) is 14.9. The third-order valence-electron chi connectivity index (χ3n) is 3.92. The van der Waals surface area contributed by atoms with Gasteiger partial charge in [-0.1, -0.05) is 12.1 Å². The fourth-order valence-corrected chi connectivity index (χ4v) is 2.53. The molecule has 1 amide bonds. The van der Waals surface area contributed by atoms with Gasteiger partial charge in [0.05, 0.1) is 0 Å². The molecule has 2 aromatic carbocycles. The van der Waals surface area contributed by atoms with Gasteiger partial charge < -0.3 is 20.3 Å². The molecule has 0 aliphatic carbocycles. The Bertz CT molecular complexity index is 993. The molecule has 2 N–H and O–H groups in total. The van der Waals surface area contributed by atoms with Crippen molar-refractivity contribution >= 4 is 28.9 Å². The van der Waals surface area contributed by atoms with Crippen molar-refractivity contribution in [3.8, 4) is 5.75 Å². The van der Waals surface area contributed by atoms with Crippen molar-refractivity contribution in [2.24, 2.45) is 0 Å². The number of aryl methyl sites for hydroxylation is 1. The van der Waals surface area contributed by atoms with Gasteiger partial charge in [0.1, 0.15) is 17.5 Å². The lowest BCUT2D eigenvalue weighted by molar-refractivity contribution is -0.118. The summed E-state index contributed by atoms with van der Waals surface area (Å²) in [6.45, 7) is 1.55. The summed E-state index contributed by atoms with van der Waals surface area (Å²) in [5.41, 5.74) is 1.42. The van der Waals surface area contributed by atoms with Crippen molar-refractivity contribution in [1.29, 1.82) is 0 Å². The molecule has 8 heteroatoms. The number of halogens is 1. The third-order valence-corrected chi connectivity index (χ3v) is 3.92. The number of ether oxygens (including phenoxy) is 1. The molecule has 0 fully saturated rings. The third kappa shape index (κ3) is 5.65. The summed E-state index contributed by atoms with van der Waals surface area (Å²) in [7, 11) is 3.83. The average molecular weight is 395 g/mol. The zero-order valence-corrected chi connectivity index (χ0v) is 16.4. The molecule has 0 atom stereocenters. The van der Waals surface area contributed by atoms with E-state index in [1.54, 1.807) is 24.3 Å². The molecule has 3 rings (SSSR count). The topological polar surface area (TPSA) is 79.4 Å². The number of hydrogen-bond donors (Lipinski definition) is 2. The maximum absolute atomic E-state index is 13.5. The van der Waals surface area contributed by atoms with Crippen LogP contribution in [0.15, 0.2) is 54.6 Å². The number of carbonyl (C=O) groups is 1. The number of aromatic nitrogens is 2. The summed E-state index contributed by atoms with van der Waals surface area (Å²) in [4.78, 5) is 22.7. The Morgan fingerprint density at radius 1 is 1.07 bits per heavy atom. The number of nitrogens with zero attached hydrogens (tertiary/aromatic N) is 3. The lowest BCUT2D eigenvalue weighted by atomic mass is 10.2. The highest BCUT2D eigenvalue weighted by molar-refractivity contribution is 5.92. The summed E-state index contributed by atoms with van der Waals surface area (Å²) in [5, 5.41) is 5.93. The summed E-state index contributed by atoms with van der Waals surface area (Å²) >= 11 is 0. The van der Waals surface area contributed by atoms with E-state index in [0.717, 1.165) is 11.5 Å². The normalized spacial score (nSPS) is 10.3. The lowest BCUT2D eigenvalue weighted by Crippen LogP contribution is -2.20. The number of anilines is 4. The van der Waals surface area contributed by atoms with Crippen LogP contribution in [0.5, 0.6) is 5.75 Å². The number of rotatable bonds is 7. The molecule has 0 spiro atoms. The summed E-state index contributed by atoms with van der Waals surface area (Å²) in [6.07, 6.45) is 0. The Kier molecular flexibility index (Phi) is 6.23. The summed E-state index contributed by atoms with van der Waals surface area (Å²) < 4.78 is 18.7. The molecule has 3 aromatic rings. The van der Waals surface area contributed by atoms with Crippen LogP contribution in [0.4, 0.5) is 27.4 Å². The number of para-hydroxylation sites is 1. The van der Waals surface area contributed by atoms with Gasteiger partial charge in [0.15, 0.2) is 18.2 Å². The highest BCUT2D eigenvalue weighted by Crippen LogP contribution is 2.21. The van der Waals surface area contributed by atoms with Crippen LogP contribution in [0.3, 0.4) is 0 Å². The predicted molar refractivity (Wildman–Crippen MR) is 111 cm³/mol. The first kappa shape index (κ1) is 20.1. The zero-order valence-electron chi connectivity index (χ0n) is 16.4. The van der Waals surface area contributed by atoms with Crippen molar-refractivity contribution in [2.45, 2.75) is 6.92 Å². The molecular weight excluding hydrogens is 373 g/mol. The highest BCUT2D eigenvalue weighted by atomic mass is 19.1. The van der Waals surface area contributed by atoms with Crippen LogP contribution in [0.1, 0.15) is 5.82 Å². The molecule has 0 radical (unpaired) electrons. The van der Waals surface area contributed by atoms with Crippen molar-refractivity contribution in [2.75, 3.05) is 36.2 Å². The van der Waals surface area contributed by atoms with Crippen molar-refractivity contribution in [3.05, 3.63) is 66.2 Å². The van der Waals surface area contributed by atoms with Gasteiger partial charge in [-0.25, -0.2) is 14.4 Å². The largest absolute Gasteiger partial charge is 0.481 e. The van der Waals surface area contributed by atoms with E-state index in [-0.39, 0.29) is 18.3 Å². The van der Waals surface area contributed by atoms with Gasteiger partial charge in [-0.3, -0.25) is 4.79 Å². The van der Waals surface area contributed by atoms with E-state index >= 15 is 0 Å². The molecule has 0 aliphatic rings. The highest BCUT2D eigenvalue weighted by Gasteiger charge is 2.08. The van der Waals surface area contributed by atoms with Gasteiger partial charge in [-0.15, -0.1) is 0 Å². The first-order valence-electron chi connectivity index (χ1n) is 8.98. The van der Waals surface area contributed by atoms with Crippen LogP contribution >= 0.6 is 0 Å². The Morgan fingerprint density at radius 2 is 1.76 bits per heavy atom. The number of nitrogens with one attached hydrogen (secondary N) is 2. The van der Waals surface area contributed by atoms with Gasteiger partial charge >= 0.3 is 0 Å². The van der Waals surface area contributed by atoms with Crippen molar-refractivity contribution in [3.63, 3.8) is 0 Å². The molecule has 7 nitrogen and oxygen atoms in total. The Hall–Kier alpha value is -3.68. The average Bonchev–Trinajstić information content (AvgIpc) is 2.68. The smallest absolute Gasteiger partial charge is 0.262 e. The van der Waals surface area contributed by atoms with Gasteiger partial charge in [-0.2, -0.15) is 0 Å². The van der Waals surface area contributed by atoms with Crippen molar-refractivity contribution in [1.82, 2.24) is 9.97 Å². The van der Waals surface area contributed by atoms with Crippen LogP contribution in [0, 0.1) is 12.7 Å². The Balaban J connectivity index is 1.57. The monoisotopic (exact) mass is 395 g/mol. The lowest BCUT2D eigenvalue weighted by Gasteiger charge is -2.14. The Morgan fingerprint density at radius 3 is 2.45 bits per heavy atom. The number of amides is 1. The van der Waals surface area contributed by atoms with Crippen LogP contribution in [0.2, 0.25) is 0 Å². The molecule has 0 unspecified atom stereocenters. The minimum absolute atomic E-state index is 0.0411. The SMILES string of the molecule is Cc1nc(Nc2ccc(NC(=O)COc3ccccc3F)cc2)cc(N(C)C)n1. The molecule has 0 bridgehead atoms. The molecule has 0 aliphatic heterocycles. The number of carbonyl (C=O) groups excluding carboxylic acids is 1.